The molecular weight excluding hydrogens is 228 g/mol. The van der Waals surface area contributed by atoms with Crippen molar-refractivity contribution >= 4 is 28.1 Å². The molecule has 0 aromatic heterocycles. The third-order valence-corrected chi connectivity index (χ3v) is 2.64. The number of carbonyl (C=O) groups is 1. The van der Waals surface area contributed by atoms with Crippen molar-refractivity contribution in [3.63, 3.8) is 0 Å². The fourth-order valence-corrected chi connectivity index (χ4v) is 1.64. The van der Waals surface area contributed by atoms with Gasteiger partial charge in [0.2, 0.25) is 0 Å². The standard InChI is InChI=1S/C14H14N2O2/c1-8(2)14(17)18-11-7-9-5-3-4-6-10(9)12(15)13(11)16/h3-7H,1,15-16H2,2H3. The van der Waals surface area contributed by atoms with Crippen LogP contribution in [-0.2, 0) is 4.79 Å². The minimum atomic E-state index is -0.517. The summed E-state index contributed by atoms with van der Waals surface area (Å²) in [4.78, 5) is 11.5. The first-order chi connectivity index (χ1) is 8.50. The Balaban J connectivity index is 2.55. The molecule has 4 heteroatoms. The van der Waals surface area contributed by atoms with Gasteiger partial charge in [-0.2, -0.15) is 0 Å². The van der Waals surface area contributed by atoms with Crippen molar-refractivity contribution in [1.82, 2.24) is 0 Å². The van der Waals surface area contributed by atoms with E-state index >= 15 is 0 Å². The highest BCUT2D eigenvalue weighted by Crippen LogP contribution is 2.35. The Labute approximate surface area is 105 Å². The van der Waals surface area contributed by atoms with Crippen molar-refractivity contribution in [3.05, 3.63) is 42.5 Å². The first kappa shape index (κ1) is 12.0. The number of rotatable bonds is 2. The molecule has 2 aromatic carbocycles. The molecule has 0 aliphatic heterocycles. The minimum absolute atomic E-state index is 0.263. The molecule has 2 rings (SSSR count). The Kier molecular flexibility index (Phi) is 2.93. The van der Waals surface area contributed by atoms with E-state index in [1.807, 2.05) is 24.3 Å². The van der Waals surface area contributed by atoms with E-state index in [-0.39, 0.29) is 11.4 Å². The van der Waals surface area contributed by atoms with Gasteiger partial charge in [-0.25, -0.2) is 4.79 Å². The number of ether oxygens (including phenoxy) is 1. The van der Waals surface area contributed by atoms with E-state index in [0.29, 0.717) is 11.3 Å². The minimum Gasteiger partial charge on any atom is -0.421 e. The zero-order valence-electron chi connectivity index (χ0n) is 10.1. The fourth-order valence-electron chi connectivity index (χ4n) is 1.64. The summed E-state index contributed by atoms with van der Waals surface area (Å²) >= 11 is 0. The molecule has 0 saturated carbocycles. The Bertz CT molecular complexity index is 648. The van der Waals surface area contributed by atoms with Gasteiger partial charge in [0.1, 0.15) is 0 Å². The molecule has 0 bridgehead atoms. The zero-order chi connectivity index (χ0) is 13.3. The summed E-state index contributed by atoms with van der Waals surface area (Å²) < 4.78 is 5.15. The van der Waals surface area contributed by atoms with E-state index in [1.165, 1.54) is 0 Å². The van der Waals surface area contributed by atoms with Crippen molar-refractivity contribution in [2.75, 3.05) is 11.5 Å². The maximum atomic E-state index is 11.5. The number of fused-ring (bicyclic) bond motifs is 1. The number of esters is 1. The second kappa shape index (κ2) is 4.41. The Morgan fingerprint density at radius 1 is 1.22 bits per heavy atom. The average Bonchev–Trinajstić information content (AvgIpc) is 2.35. The van der Waals surface area contributed by atoms with Crippen LogP contribution in [0.1, 0.15) is 6.92 Å². The van der Waals surface area contributed by atoms with Crippen LogP contribution in [-0.4, -0.2) is 5.97 Å². The lowest BCUT2D eigenvalue weighted by Crippen LogP contribution is -2.10. The van der Waals surface area contributed by atoms with Gasteiger partial charge in [0.15, 0.2) is 5.75 Å². The van der Waals surface area contributed by atoms with Gasteiger partial charge in [-0.3, -0.25) is 0 Å². The van der Waals surface area contributed by atoms with Crippen LogP contribution in [0.3, 0.4) is 0 Å². The van der Waals surface area contributed by atoms with E-state index in [4.69, 9.17) is 16.2 Å². The maximum absolute atomic E-state index is 11.5. The number of nitrogen functional groups attached to an aromatic ring is 2. The lowest BCUT2D eigenvalue weighted by atomic mass is 10.1. The van der Waals surface area contributed by atoms with Gasteiger partial charge >= 0.3 is 5.97 Å². The van der Waals surface area contributed by atoms with Crippen molar-refractivity contribution in [3.8, 4) is 5.75 Å². The SMILES string of the molecule is C=C(C)C(=O)Oc1cc2ccccc2c(N)c1N. The smallest absolute Gasteiger partial charge is 0.338 e. The summed E-state index contributed by atoms with van der Waals surface area (Å²) in [5.74, 6) is -0.254. The molecule has 4 N–H and O–H groups in total. The predicted octanol–water partition coefficient (Wildman–Crippen LogP) is 2.49. The second-order valence-corrected chi connectivity index (χ2v) is 4.09. The molecule has 0 aliphatic carbocycles. The lowest BCUT2D eigenvalue weighted by Gasteiger charge is -2.11. The van der Waals surface area contributed by atoms with Gasteiger partial charge in [0.25, 0.3) is 0 Å². The third kappa shape index (κ3) is 2.00. The lowest BCUT2D eigenvalue weighted by molar-refractivity contribution is -0.130. The molecule has 2 aromatic rings. The Morgan fingerprint density at radius 3 is 2.56 bits per heavy atom. The molecule has 0 saturated heterocycles. The Morgan fingerprint density at radius 2 is 1.89 bits per heavy atom. The van der Waals surface area contributed by atoms with Gasteiger partial charge in [-0.1, -0.05) is 30.8 Å². The van der Waals surface area contributed by atoms with Gasteiger partial charge in [-0.15, -0.1) is 0 Å². The number of hydrogen-bond donors (Lipinski definition) is 2. The highest BCUT2D eigenvalue weighted by atomic mass is 16.5. The molecule has 4 nitrogen and oxygen atoms in total. The monoisotopic (exact) mass is 242 g/mol. The maximum Gasteiger partial charge on any atom is 0.338 e. The molecule has 18 heavy (non-hydrogen) atoms. The summed E-state index contributed by atoms with van der Waals surface area (Å²) in [7, 11) is 0. The summed E-state index contributed by atoms with van der Waals surface area (Å²) in [6, 6.07) is 9.19. The third-order valence-electron chi connectivity index (χ3n) is 2.64. The van der Waals surface area contributed by atoms with Gasteiger partial charge in [0.05, 0.1) is 11.4 Å². The molecule has 0 spiro atoms. The summed E-state index contributed by atoms with van der Waals surface area (Å²) in [5.41, 5.74) is 12.8. The van der Waals surface area contributed by atoms with E-state index in [2.05, 4.69) is 6.58 Å². The molecule has 0 heterocycles. The molecule has 0 unspecified atom stereocenters. The van der Waals surface area contributed by atoms with Crippen LogP contribution in [0.25, 0.3) is 10.8 Å². The van der Waals surface area contributed by atoms with Crippen molar-refractivity contribution in [2.24, 2.45) is 0 Å². The van der Waals surface area contributed by atoms with Crippen LogP contribution < -0.4 is 16.2 Å². The van der Waals surface area contributed by atoms with E-state index in [9.17, 15) is 4.79 Å². The van der Waals surface area contributed by atoms with E-state index in [1.54, 1.807) is 13.0 Å². The number of carbonyl (C=O) groups excluding carboxylic acids is 1. The van der Waals surface area contributed by atoms with Gasteiger partial charge < -0.3 is 16.2 Å². The van der Waals surface area contributed by atoms with Crippen molar-refractivity contribution in [1.29, 1.82) is 0 Å². The van der Waals surface area contributed by atoms with E-state index in [0.717, 1.165) is 10.8 Å². The largest absolute Gasteiger partial charge is 0.421 e. The highest BCUT2D eigenvalue weighted by molar-refractivity contribution is 6.02. The number of nitrogens with two attached hydrogens (primary N) is 2. The normalized spacial score (nSPS) is 10.3. The van der Waals surface area contributed by atoms with Crippen LogP contribution in [0.4, 0.5) is 11.4 Å². The fraction of sp³-hybridized carbons (Fsp3) is 0.0714. The number of benzene rings is 2. The van der Waals surface area contributed by atoms with Crippen LogP contribution >= 0.6 is 0 Å². The van der Waals surface area contributed by atoms with Gasteiger partial charge in [-0.05, 0) is 18.4 Å². The second-order valence-electron chi connectivity index (χ2n) is 4.09. The van der Waals surface area contributed by atoms with Crippen LogP contribution in [0.2, 0.25) is 0 Å². The molecule has 0 radical (unpaired) electrons. The Hall–Kier alpha value is -2.49. The summed E-state index contributed by atoms with van der Waals surface area (Å²) in [6.45, 7) is 5.09. The molecule has 0 aliphatic rings. The summed E-state index contributed by atoms with van der Waals surface area (Å²) in [6.07, 6.45) is 0. The molecule has 0 amide bonds. The highest BCUT2D eigenvalue weighted by Gasteiger charge is 2.13. The van der Waals surface area contributed by atoms with E-state index < -0.39 is 5.97 Å². The molecule has 0 atom stereocenters. The van der Waals surface area contributed by atoms with Gasteiger partial charge in [0, 0.05) is 11.0 Å². The first-order valence-electron chi connectivity index (χ1n) is 5.45. The quantitative estimate of drug-likeness (QED) is 0.367. The molecule has 92 valence electrons. The molecular formula is C14H14N2O2. The number of hydrogen-bond acceptors (Lipinski definition) is 4. The predicted molar refractivity (Wildman–Crippen MR) is 73.2 cm³/mol. The van der Waals surface area contributed by atoms with Crippen LogP contribution in [0.5, 0.6) is 5.75 Å². The average molecular weight is 242 g/mol. The van der Waals surface area contributed by atoms with Crippen LogP contribution in [0.15, 0.2) is 42.5 Å². The van der Waals surface area contributed by atoms with Crippen molar-refractivity contribution < 1.29 is 9.53 Å². The van der Waals surface area contributed by atoms with Crippen LogP contribution in [0, 0.1) is 0 Å². The van der Waals surface area contributed by atoms with Crippen molar-refractivity contribution in [2.45, 2.75) is 6.92 Å². The topological polar surface area (TPSA) is 78.3 Å². The molecule has 0 fully saturated rings. The summed E-state index contributed by atoms with van der Waals surface area (Å²) in [5, 5.41) is 1.71. The first-order valence-corrected chi connectivity index (χ1v) is 5.45. The zero-order valence-corrected chi connectivity index (χ0v) is 10.1. The number of anilines is 2.